The molecule has 5 rings (SSSR count). The van der Waals surface area contributed by atoms with E-state index in [1.165, 1.54) is 30.6 Å². The summed E-state index contributed by atoms with van der Waals surface area (Å²) in [5, 5.41) is 26.8. The largest absolute Gasteiger partial charge is 0.493 e. The number of hydrogen-bond acceptors (Lipinski definition) is 6. The molecule has 0 radical (unpaired) electrons. The Labute approximate surface area is 225 Å². The topological polar surface area (TPSA) is 78.0 Å². The Hall–Kier alpha value is -2.37. The van der Waals surface area contributed by atoms with Gasteiger partial charge in [0.15, 0.2) is 10.8 Å². The lowest BCUT2D eigenvalue weighted by molar-refractivity contribution is 0.178. The second-order valence-corrected chi connectivity index (χ2v) is 10.9. The Morgan fingerprint density at radius 2 is 1.94 bits per heavy atom. The highest BCUT2D eigenvalue weighted by molar-refractivity contribution is 9.10. The normalized spacial score (nSPS) is 14.7. The van der Waals surface area contributed by atoms with Gasteiger partial charge in [-0.15, -0.1) is 21.6 Å². The number of aromatic hydroxyl groups is 1. The summed E-state index contributed by atoms with van der Waals surface area (Å²) in [5.74, 6) is 0.0782. The maximum atomic E-state index is 11.1. The van der Waals surface area contributed by atoms with Gasteiger partial charge in [0.05, 0.1) is 17.9 Å². The molecule has 1 aliphatic rings. The molecule has 35 heavy (non-hydrogen) atoms. The molecule has 0 spiro atoms. The fourth-order valence-electron chi connectivity index (χ4n) is 4.13. The standard InChI is InChI=1S/C24H22BrClN6OS2/c25-16-6-9-20-18(12-16)21(22(33)32(20)14-31-10-2-1-3-11-31)29-30-23(34)28-24-27-19(13-35-24)15-4-7-17(26)8-5-15/h4-9,12-13,33H,1-3,10-11,14H2,(H,27,28,34). The van der Waals surface area contributed by atoms with Crippen molar-refractivity contribution in [2.24, 2.45) is 10.2 Å². The molecule has 0 amide bonds. The molecule has 0 aliphatic carbocycles. The molecule has 2 aromatic heterocycles. The lowest BCUT2D eigenvalue weighted by atomic mass is 10.1. The van der Waals surface area contributed by atoms with Gasteiger partial charge in [0.2, 0.25) is 11.0 Å². The number of piperidine rings is 1. The Morgan fingerprint density at radius 3 is 2.71 bits per heavy atom. The molecule has 1 fully saturated rings. The van der Waals surface area contributed by atoms with Crippen LogP contribution in [0.3, 0.4) is 0 Å². The van der Waals surface area contributed by atoms with Crippen LogP contribution in [0.2, 0.25) is 5.02 Å². The van der Waals surface area contributed by atoms with Crippen LogP contribution >= 0.6 is 51.1 Å². The monoisotopic (exact) mass is 588 g/mol. The van der Waals surface area contributed by atoms with Crippen LogP contribution < -0.4 is 5.32 Å². The number of nitrogens with zero attached hydrogens (tertiary/aromatic N) is 5. The number of likely N-dealkylation sites (tertiary alicyclic amines) is 1. The maximum Gasteiger partial charge on any atom is 0.221 e. The van der Waals surface area contributed by atoms with Crippen molar-refractivity contribution in [3.05, 3.63) is 57.3 Å². The van der Waals surface area contributed by atoms with Gasteiger partial charge in [-0.3, -0.25) is 9.47 Å². The van der Waals surface area contributed by atoms with Gasteiger partial charge in [-0.25, -0.2) is 4.98 Å². The van der Waals surface area contributed by atoms with Crippen LogP contribution in [0.5, 0.6) is 5.88 Å². The third-order valence-electron chi connectivity index (χ3n) is 5.86. The average molecular weight is 590 g/mol. The van der Waals surface area contributed by atoms with Crippen LogP contribution in [0.1, 0.15) is 19.3 Å². The predicted molar refractivity (Wildman–Crippen MR) is 150 cm³/mol. The fraction of sp³-hybridized carbons (Fsp3) is 0.250. The molecule has 4 aromatic rings. The van der Waals surface area contributed by atoms with Crippen molar-refractivity contribution < 1.29 is 5.11 Å². The van der Waals surface area contributed by atoms with E-state index < -0.39 is 0 Å². The summed E-state index contributed by atoms with van der Waals surface area (Å²) in [4.78, 5) is 6.91. The third kappa shape index (κ3) is 5.57. The van der Waals surface area contributed by atoms with Gasteiger partial charge in [-0.05, 0) is 68.5 Å². The number of azo groups is 1. The van der Waals surface area contributed by atoms with Gasteiger partial charge < -0.3 is 10.4 Å². The first-order valence-corrected chi connectivity index (χ1v) is 13.6. The van der Waals surface area contributed by atoms with Crippen LogP contribution in [0.25, 0.3) is 22.2 Å². The van der Waals surface area contributed by atoms with Crippen molar-refractivity contribution in [3.63, 3.8) is 0 Å². The quantitative estimate of drug-likeness (QED) is 0.183. The summed E-state index contributed by atoms with van der Waals surface area (Å²) in [6, 6.07) is 13.4. The van der Waals surface area contributed by atoms with Gasteiger partial charge in [0.25, 0.3) is 0 Å². The Balaban J connectivity index is 1.36. The number of aromatic nitrogens is 2. The van der Waals surface area contributed by atoms with Gasteiger partial charge >= 0.3 is 0 Å². The molecule has 0 bridgehead atoms. The van der Waals surface area contributed by atoms with Crippen molar-refractivity contribution in [2.45, 2.75) is 25.9 Å². The number of hydrogen-bond donors (Lipinski definition) is 2. The highest BCUT2D eigenvalue weighted by atomic mass is 79.9. The van der Waals surface area contributed by atoms with E-state index in [2.05, 4.69) is 41.4 Å². The molecule has 1 aliphatic heterocycles. The van der Waals surface area contributed by atoms with Crippen molar-refractivity contribution in [1.29, 1.82) is 0 Å². The molecule has 1 saturated heterocycles. The van der Waals surface area contributed by atoms with E-state index in [1.54, 1.807) is 0 Å². The number of halogens is 2. The van der Waals surface area contributed by atoms with Crippen molar-refractivity contribution in [1.82, 2.24) is 14.5 Å². The molecule has 2 aromatic carbocycles. The fourth-order valence-corrected chi connectivity index (χ4v) is 5.54. The van der Waals surface area contributed by atoms with E-state index in [9.17, 15) is 5.11 Å². The van der Waals surface area contributed by atoms with E-state index in [0.29, 0.717) is 22.5 Å². The average Bonchev–Trinajstić information content (AvgIpc) is 3.41. The molecular weight excluding hydrogens is 568 g/mol. The second-order valence-electron chi connectivity index (χ2n) is 8.26. The lowest BCUT2D eigenvalue weighted by Gasteiger charge is -2.27. The number of thiocarbonyl (C=S) groups is 1. The molecule has 0 unspecified atom stereocenters. The minimum atomic E-state index is 0.0782. The highest BCUT2D eigenvalue weighted by Gasteiger charge is 2.20. The van der Waals surface area contributed by atoms with Crippen LogP contribution in [0.4, 0.5) is 10.8 Å². The summed E-state index contributed by atoms with van der Waals surface area (Å²) in [7, 11) is 0. The SMILES string of the molecule is Oc1c(N=NC(=S)Nc2nc(-c3ccc(Cl)cc3)cs2)c2cc(Br)ccc2n1CN1CCCCC1. The first kappa shape index (κ1) is 24.3. The van der Waals surface area contributed by atoms with Crippen molar-refractivity contribution >= 4 is 77.9 Å². The zero-order chi connectivity index (χ0) is 24.4. The third-order valence-corrected chi connectivity index (χ3v) is 7.55. The van der Waals surface area contributed by atoms with Crippen LogP contribution in [-0.4, -0.2) is 37.8 Å². The number of benzene rings is 2. The van der Waals surface area contributed by atoms with E-state index in [1.807, 2.05) is 52.4 Å². The summed E-state index contributed by atoms with van der Waals surface area (Å²) >= 11 is 16.3. The minimum absolute atomic E-state index is 0.0782. The Kier molecular flexibility index (Phi) is 7.45. The van der Waals surface area contributed by atoms with E-state index in [-0.39, 0.29) is 11.0 Å². The number of nitrogens with one attached hydrogen (secondary N) is 1. The van der Waals surface area contributed by atoms with Gasteiger partial charge in [0.1, 0.15) is 0 Å². The highest BCUT2D eigenvalue weighted by Crippen LogP contribution is 2.40. The van der Waals surface area contributed by atoms with Crippen LogP contribution in [-0.2, 0) is 6.67 Å². The summed E-state index contributed by atoms with van der Waals surface area (Å²) in [6.45, 7) is 2.65. The molecule has 7 nitrogen and oxygen atoms in total. The predicted octanol–water partition coefficient (Wildman–Crippen LogP) is 7.81. The van der Waals surface area contributed by atoms with Crippen molar-refractivity contribution in [3.8, 4) is 17.1 Å². The summed E-state index contributed by atoms with van der Waals surface area (Å²) in [6.07, 6.45) is 3.61. The molecule has 11 heteroatoms. The van der Waals surface area contributed by atoms with E-state index in [0.717, 1.165) is 39.7 Å². The van der Waals surface area contributed by atoms with Crippen LogP contribution in [0.15, 0.2) is 62.5 Å². The van der Waals surface area contributed by atoms with Crippen LogP contribution in [0, 0.1) is 0 Å². The minimum Gasteiger partial charge on any atom is -0.493 e. The molecule has 3 heterocycles. The number of fused-ring (bicyclic) bond motifs is 1. The molecule has 180 valence electrons. The first-order chi connectivity index (χ1) is 17.0. The first-order valence-electron chi connectivity index (χ1n) is 11.2. The van der Waals surface area contributed by atoms with Gasteiger partial charge in [0, 0.05) is 25.8 Å². The molecule has 0 saturated carbocycles. The van der Waals surface area contributed by atoms with E-state index >= 15 is 0 Å². The van der Waals surface area contributed by atoms with Crippen molar-refractivity contribution in [2.75, 3.05) is 18.4 Å². The zero-order valence-corrected chi connectivity index (χ0v) is 22.6. The number of rotatable bonds is 5. The second kappa shape index (κ2) is 10.7. The molecular formula is C24H22BrClN6OS2. The lowest BCUT2D eigenvalue weighted by Crippen LogP contribution is -2.31. The molecule has 0 atom stereocenters. The number of thiazole rings is 1. The van der Waals surface area contributed by atoms with E-state index in [4.69, 9.17) is 23.8 Å². The Bertz CT molecular complexity index is 1400. The molecule has 2 N–H and O–H groups in total. The Morgan fingerprint density at radius 1 is 1.17 bits per heavy atom. The van der Waals surface area contributed by atoms with Gasteiger partial charge in [-0.2, -0.15) is 0 Å². The maximum absolute atomic E-state index is 11.1. The summed E-state index contributed by atoms with van der Waals surface area (Å²) in [5.41, 5.74) is 3.07. The zero-order valence-electron chi connectivity index (χ0n) is 18.6. The number of anilines is 1. The van der Waals surface area contributed by atoms with Gasteiger partial charge in [-0.1, -0.05) is 46.1 Å². The summed E-state index contributed by atoms with van der Waals surface area (Å²) < 4.78 is 2.78. The smallest absolute Gasteiger partial charge is 0.221 e.